The number of hydrogen-bond acceptors (Lipinski definition) is 5. The van der Waals surface area contributed by atoms with Crippen LogP contribution in [0.1, 0.15) is 19.8 Å². The second-order valence-corrected chi connectivity index (χ2v) is 6.16. The lowest BCUT2D eigenvalue weighted by molar-refractivity contribution is 0.344. The van der Waals surface area contributed by atoms with Crippen LogP contribution in [0.2, 0.25) is 0 Å². The highest BCUT2D eigenvalue weighted by atomic mass is 32.1. The van der Waals surface area contributed by atoms with Gasteiger partial charge in [-0.15, -0.1) is 0 Å². The van der Waals surface area contributed by atoms with E-state index in [9.17, 15) is 0 Å². The van der Waals surface area contributed by atoms with Crippen molar-refractivity contribution < 1.29 is 4.74 Å². The second-order valence-electron chi connectivity index (χ2n) is 5.13. The number of piperidine rings is 1. The molecule has 20 heavy (non-hydrogen) atoms. The third-order valence-corrected chi connectivity index (χ3v) is 4.66. The van der Waals surface area contributed by atoms with Gasteiger partial charge in [0.25, 0.3) is 0 Å². The van der Waals surface area contributed by atoms with Crippen molar-refractivity contribution in [3.8, 4) is 5.75 Å². The van der Waals surface area contributed by atoms with E-state index in [1.54, 1.807) is 11.3 Å². The fraction of sp³-hybridized carbons (Fsp3) is 0.533. The number of anilines is 1. The quantitative estimate of drug-likeness (QED) is 0.888. The minimum Gasteiger partial charge on any atom is -0.492 e. The van der Waals surface area contributed by atoms with Gasteiger partial charge in [-0.3, -0.25) is 0 Å². The van der Waals surface area contributed by atoms with Crippen molar-refractivity contribution in [2.45, 2.75) is 19.8 Å². The highest BCUT2D eigenvalue weighted by Crippen LogP contribution is 2.32. The molecule has 1 aromatic carbocycles. The minimum absolute atomic E-state index is 0.675. The first-order valence-electron chi connectivity index (χ1n) is 7.33. The highest BCUT2D eigenvalue weighted by molar-refractivity contribution is 7.22. The smallest absolute Gasteiger partial charge is 0.183 e. The summed E-state index contributed by atoms with van der Waals surface area (Å²) in [7, 11) is 0. The maximum Gasteiger partial charge on any atom is 0.183 e. The van der Waals surface area contributed by atoms with Gasteiger partial charge >= 0.3 is 0 Å². The zero-order valence-corrected chi connectivity index (χ0v) is 12.6. The molecule has 2 N–H and O–H groups in total. The molecule has 2 aromatic rings. The van der Waals surface area contributed by atoms with Crippen molar-refractivity contribution in [3.05, 3.63) is 18.2 Å². The van der Waals surface area contributed by atoms with Gasteiger partial charge in [0.2, 0.25) is 0 Å². The zero-order chi connectivity index (χ0) is 13.8. The largest absolute Gasteiger partial charge is 0.492 e. The summed E-state index contributed by atoms with van der Waals surface area (Å²) in [4.78, 5) is 4.68. The topological polar surface area (TPSA) is 46.2 Å². The zero-order valence-electron chi connectivity index (χ0n) is 11.8. The van der Waals surface area contributed by atoms with E-state index < -0.39 is 0 Å². The molecule has 0 aliphatic carbocycles. The Kier molecular flexibility index (Phi) is 4.38. The van der Waals surface area contributed by atoms with E-state index in [-0.39, 0.29) is 0 Å². The Morgan fingerprint density at radius 3 is 3.05 bits per heavy atom. The van der Waals surface area contributed by atoms with Gasteiger partial charge in [0, 0.05) is 6.54 Å². The molecule has 1 saturated heterocycles. The molecule has 1 fully saturated rings. The van der Waals surface area contributed by atoms with E-state index in [4.69, 9.17) is 4.74 Å². The van der Waals surface area contributed by atoms with E-state index in [0.717, 1.165) is 41.9 Å². The van der Waals surface area contributed by atoms with Crippen LogP contribution >= 0.6 is 11.3 Å². The number of nitrogens with one attached hydrogen (secondary N) is 2. The van der Waals surface area contributed by atoms with Crippen LogP contribution in [-0.4, -0.2) is 31.2 Å². The number of para-hydroxylation sites is 1. The van der Waals surface area contributed by atoms with Crippen molar-refractivity contribution >= 4 is 26.7 Å². The minimum atomic E-state index is 0.675. The van der Waals surface area contributed by atoms with Crippen LogP contribution in [0, 0.1) is 5.92 Å². The molecule has 5 heteroatoms. The van der Waals surface area contributed by atoms with Gasteiger partial charge < -0.3 is 15.4 Å². The Balaban J connectivity index is 1.70. The molecule has 4 nitrogen and oxygen atoms in total. The van der Waals surface area contributed by atoms with Crippen LogP contribution in [0.15, 0.2) is 18.2 Å². The fourth-order valence-corrected chi connectivity index (χ4v) is 3.48. The number of benzene rings is 1. The summed E-state index contributed by atoms with van der Waals surface area (Å²) in [5.41, 5.74) is 0.979. The molecule has 0 saturated carbocycles. The lowest BCUT2D eigenvalue weighted by atomic mass is 9.98. The van der Waals surface area contributed by atoms with Crippen LogP contribution in [0.3, 0.4) is 0 Å². The summed E-state index contributed by atoms with van der Waals surface area (Å²) >= 11 is 1.71. The Morgan fingerprint density at radius 2 is 2.25 bits per heavy atom. The molecule has 1 aliphatic rings. The lowest BCUT2D eigenvalue weighted by Gasteiger charge is -2.22. The summed E-state index contributed by atoms with van der Waals surface area (Å²) in [6, 6.07) is 6.12. The van der Waals surface area contributed by atoms with Gasteiger partial charge in [-0.1, -0.05) is 17.4 Å². The second kappa shape index (κ2) is 6.41. The van der Waals surface area contributed by atoms with Crippen LogP contribution in [0.5, 0.6) is 5.75 Å². The fourth-order valence-electron chi connectivity index (χ4n) is 2.59. The first-order chi connectivity index (χ1) is 9.86. The van der Waals surface area contributed by atoms with Crippen LogP contribution in [0.25, 0.3) is 10.2 Å². The first kappa shape index (κ1) is 13.6. The molecule has 0 unspecified atom stereocenters. The number of fused-ring (bicyclic) bond motifs is 1. The molecule has 2 heterocycles. The van der Waals surface area contributed by atoms with E-state index in [1.807, 2.05) is 19.1 Å². The number of thiazole rings is 1. The normalized spacial score (nSPS) is 16.4. The van der Waals surface area contributed by atoms with Gasteiger partial charge in [0.1, 0.15) is 11.3 Å². The van der Waals surface area contributed by atoms with Crippen LogP contribution in [-0.2, 0) is 0 Å². The van der Waals surface area contributed by atoms with Gasteiger partial charge in [0.15, 0.2) is 5.13 Å². The van der Waals surface area contributed by atoms with E-state index in [2.05, 4.69) is 21.7 Å². The number of aromatic nitrogens is 1. The van der Waals surface area contributed by atoms with Crippen molar-refractivity contribution in [2.75, 3.05) is 31.6 Å². The summed E-state index contributed by atoms with van der Waals surface area (Å²) in [5, 5.41) is 7.90. The molecule has 0 bridgehead atoms. The Hall–Kier alpha value is -1.33. The summed E-state index contributed by atoms with van der Waals surface area (Å²) < 4.78 is 6.82. The maximum absolute atomic E-state index is 5.64. The van der Waals surface area contributed by atoms with Gasteiger partial charge in [-0.25, -0.2) is 4.98 Å². The van der Waals surface area contributed by atoms with E-state index in [0.29, 0.717) is 6.61 Å². The highest BCUT2D eigenvalue weighted by Gasteiger charge is 2.14. The Morgan fingerprint density at radius 1 is 1.40 bits per heavy atom. The molecule has 1 aromatic heterocycles. The average molecular weight is 291 g/mol. The molecule has 1 aliphatic heterocycles. The van der Waals surface area contributed by atoms with Crippen molar-refractivity contribution in [3.63, 3.8) is 0 Å². The predicted molar refractivity (Wildman–Crippen MR) is 84.9 cm³/mol. The monoisotopic (exact) mass is 291 g/mol. The van der Waals surface area contributed by atoms with Crippen LogP contribution in [0.4, 0.5) is 5.13 Å². The van der Waals surface area contributed by atoms with Crippen LogP contribution < -0.4 is 15.4 Å². The number of ether oxygens (including phenoxy) is 1. The SMILES string of the molecule is CCOc1cccc2sc(NCC3CCNCC3)nc12. The summed E-state index contributed by atoms with van der Waals surface area (Å²) in [5.74, 6) is 1.64. The third kappa shape index (κ3) is 3.04. The van der Waals surface area contributed by atoms with Gasteiger partial charge in [-0.05, 0) is 50.9 Å². The number of hydrogen-bond donors (Lipinski definition) is 2. The van der Waals surface area contributed by atoms with Crippen molar-refractivity contribution in [1.29, 1.82) is 0 Å². The van der Waals surface area contributed by atoms with Gasteiger partial charge in [-0.2, -0.15) is 0 Å². The molecule has 108 valence electrons. The molecule has 0 atom stereocenters. The Bertz CT molecular complexity index is 563. The molecule has 0 radical (unpaired) electrons. The van der Waals surface area contributed by atoms with E-state index in [1.165, 1.54) is 17.5 Å². The standard InChI is InChI=1S/C15H21N3OS/c1-2-19-12-4-3-5-13-14(12)18-15(20-13)17-10-11-6-8-16-9-7-11/h3-5,11,16H,2,6-10H2,1H3,(H,17,18). The summed E-state index contributed by atoms with van der Waals surface area (Å²) in [6.45, 7) is 5.97. The molecule has 0 spiro atoms. The maximum atomic E-state index is 5.64. The molecule has 0 amide bonds. The number of nitrogens with zero attached hydrogens (tertiary/aromatic N) is 1. The van der Waals surface area contributed by atoms with Crippen molar-refractivity contribution in [1.82, 2.24) is 10.3 Å². The van der Waals surface area contributed by atoms with E-state index >= 15 is 0 Å². The third-order valence-electron chi connectivity index (χ3n) is 3.68. The van der Waals surface area contributed by atoms with Gasteiger partial charge in [0.05, 0.1) is 11.3 Å². The first-order valence-corrected chi connectivity index (χ1v) is 8.15. The molecular weight excluding hydrogens is 270 g/mol. The van der Waals surface area contributed by atoms with Crippen molar-refractivity contribution in [2.24, 2.45) is 5.92 Å². The lowest BCUT2D eigenvalue weighted by Crippen LogP contribution is -2.31. The number of rotatable bonds is 5. The summed E-state index contributed by atoms with van der Waals surface area (Å²) in [6.07, 6.45) is 2.50. The molecule has 3 rings (SSSR count). The molecular formula is C15H21N3OS. The average Bonchev–Trinajstić information content (AvgIpc) is 2.91. The Labute approximate surface area is 123 Å². The predicted octanol–water partition coefficient (Wildman–Crippen LogP) is 3.11.